The second-order valence-corrected chi connectivity index (χ2v) is 2.49. The molecule has 0 aliphatic heterocycles. The number of nitrogens with one attached hydrogen (secondary N) is 2. The van der Waals surface area contributed by atoms with E-state index in [1.165, 1.54) is 10.7 Å². The lowest BCUT2D eigenvalue weighted by molar-refractivity contribution is 0.232. The van der Waals surface area contributed by atoms with Gasteiger partial charge in [-0.1, -0.05) is 0 Å². The van der Waals surface area contributed by atoms with E-state index in [9.17, 15) is 4.79 Å². The molecule has 0 aliphatic rings. The molecule has 0 bridgehead atoms. The van der Waals surface area contributed by atoms with Crippen LogP contribution in [0.2, 0.25) is 0 Å². The molecule has 7 heteroatoms. The van der Waals surface area contributed by atoms with Crippen LogP contribution in [-0.4, -0.2) is 20.9 Å². The number of aliphatic imine (C=N–C) groups is 1. The molecule has 0 saturated heterocycles. The van der Waals surface area contributed by atoms with E-state index in [4.69, 9.17) is 10.9 Å². The largest absolute Gasteiger partial charge is 0.368 e. The van der Waals surface area contributed by atoms with Crippen molar-refractivity contribution in [3.8, 4) is 0 Å². The summed E-state index contributed by atoms with van der Waals surface area (Å²) < 4.78 is 1.33. The highest BCUT2D eigenvalue weighted by Gasteiger charge is 1.97. The minimum Gasteiger partial charge on any atom is -0.368 e. The van der Waals surface area contributed by atoms with Gasteiger partial charge in [0.15, 0.2) is 0 Å². The molecule has 13 heavy (non-hydrogen) atoms. The summed E-state index contributed by atoms with van der Waals surface area (Å²) in [6.45, 7) is 0.218. The molecule has 0 spiro atoms. The molecule has 0 amide bonds. The van der Waals surface area contributed by atoms with Crippen molar-refractivity contribution < 1.29 is 5.21 Å². The van der Waals surface area contributed by atoms with Gasteiger partial charge in [0.2, 0.25) is 5.96 Å². The van der Waals surface area contributed by atoms with Crippen molar-refractivity contribution in [2.75, 3.05) is 0 Å². The predicted octanol–water partition coefficient (Wildman–Crippen LogP) is -1.49. The molecule has 72 valence electrons. The quantitative estimate of drug-likeness (QED) is 0.255. The first kappa shape index (κ1) is 9.33. The van der Waals surface area contributed by atoms with Crippen LogP contribution in [-0.2, 0) is 13.6 Å². The summed E-state index contributed by atoms with van der Waals surface area (Å²) >= 11 is 0. The van der Waals surface area contributed by atoms with Crippen molar-refractivity contribution in [2.45, 2.75) is 6.54 Å². The Kier molecular flexibility index (Phi) is 2.70. The van der Waals surface area contributed by atoms with Gasteiger partial charge in [-0.05, 0) is 0 Å². The van der Waals surface area contributed by atoms with E-state index in [0.717, 1.165) is 0 Å². The molecule has 5 N–H and O–H groups in total. The van der Waals surface area contributed by atoms with Crippen LogP contribution in [0.15, 0.2) is 15.9 Å². The zero-order valence-electron chi connectivity index (χ0n) is 7.11. The monoisotopic (exact) mass is 185 g/mol. The van der Waals surface area contributed by atoms with Crippen molar-refractivity contribution in [1.29, 1.82) is 0 Å². The van der Waals surface area contributed by atoms with Crippen molar-refractivity contribution in [2.24, 2.45) is 17.8 Å². The Hall–Kier alpha value is -1.76. The van der Waals surface area contributed by atoms with Gasteiger partial charge in [-0.25, -0.2) is 10.5 Å². The Balaban J connectivity index is 2.70. The van der Waals surface area contributed by atoms with Gasteiger partial charge >= 0.3 is 0 Å². The number of aromatic nitrogens is 2. The Bertz CT molecular complexity index is 363. The Morgan fingerprint density at radius 3 is 3.08 bits per heavy atom. The van der Waals surface area contributed by atoms with E-state index >= 15 is 0 Å². The molecule has 0 saturated carbocycles. The van der Waals surface area contributed by atoms with Gasteiger partial charge in [0.05, 0.1) is 12.2 Å². The van der Waals surface area contributed by atoms with Gasteiger partial charge in [0.1, 0.15) is 0 Å². The molecule has 1 aromatic heterocycles. The fraction of sp³-hybridized carbons (Fsp3) is 0.333. The molecular weight excluding hydrogens is 174 g/mol. The SMILES string of the molecule is Cn1[nH]c(CN=C(N)NO)cc1=O. The first-order valence-electron chi connectivity index (χ1n) is 3.58. The van der Waals surface area contributed by atoms with Crippen molar-refractivity contribution in [1.82, 2.24) is 15.3 Å². The maximum Gasteiger partial charge on any atom is 0.266 e. The normalized spacial score (nSPS) is 11.7. The zero-order valence-corrected chi connectivity index (χ0v) is 7.11. The molecule has 0 aromatic carbocycles. The van der Waals surface area contributed by atoms with E-state index in [-0.39, 0.29) is 18.1 Å². The smallest absolute Gasteiger partial charge is 0.266 e. The van der Waals surface area contributed by atoms with Crippen LogP contribution in [0.4, 0.5) is 0 Å². The second-order valence-electron chi connectivity index (χ2n) is 2.49. The van der Waals surface area contributed by atoms with Gasteiger partial charge < -0.3 is 5.73 Å². The van der Waals surface area contributed by atoms with Crippen LogP contribution in [0.5, 0.6) is 0 Å². The standard InChI is InChI=1S/C6H11N5O2/c1-11-5(12)2-4(9-11)3-8-6(7)10-13/h2,9,13H,3H2,1H3,(H3,7,8,10). The number of hydroxylamine groups is 1. The Morgan fingerprint density at radius 2 is 2.62 bits per heavy atom. The molecule has 0 aliphatic carbocycles. The van der Waals surface area contributed by atoms with Crippen LogP contribution in [0.3, 0.4) is 0 Å². The molecule has 1 aromatic rings. The van der Waals surface area contributed by atoms with Crippen molar-refractivity contribution >= 4 is 5.96 Å². The number of nitrogens with two attached hydrogens (primary N) is 1. The summed E-state index contributed by atoms with van der Waals surface area (Å²) in [5.74, 6) is -0.0929. The lowest BCUT2D eigenvalue weighted by Gasteiger charge is -1.95. The number of H-pyrrole nitrogens is 1. The first-order chi connectivity index (χ1) is 6.13. The van der Waals surface area contributed by atoms with Crippen LogP contribution in [0.25, 0.3) is 0 Å². The van der Waals surface area contributed by atoms with Gasteiger partial charge in [0.25, 0.3) is 5.56 Å². The molecule has 1 heterocycles. The molecule has 0 unspecified atom stereocenters. The summed E-state index contributed by atoms with van der Waals surface area (Å²) in [6, 6.07) is 1.41. The summed E-state index contributed by atoms with van der Waals surface area (Å²) in [4.78, 5) is 14.7. The average Bonchev–Trinajstić information content (AvgIpc) is 2.42. The van der Waals surface area contributed by atoms with E-state index in [1.807, 2.05) is 0 Å². The maximum absolute atomic E-state index is 10.9. The third-order valence-electron chi connectivity index (χ3n) is 1.47. The summed E-state index contributed by atoms with van der Waals surface area (Å²) in [6.07, 6.45) is 0. The predicted molar refractivity (Wildman–Crippen MR) is 46.3 cm³/mol. The van der Waals surface area contributed by atoms with Crippen LogP contribution in [0, 0.1) is 0 Å². The maximum atomic E-state index is 10.9. The van der Waals surface area contributed by atoms with Crippen LogP contribution < -0.4 is 16.8 Å². The number of rotatable bonds is 2. The number of nitrogens with zero attached hydrogens (tertiary/aromatic N) is 2. The van der Waals surface area contributed by atoms with Gasteiger partial charge in [-0.15, -0.1) is 0 Å². The van der Waals surface area contributed by atoms with Gasteiger partial charge in [-0.2, -0.15) is 0 Å². The summed E-state index contributed by atoms with van der Waals surface area (Å²) in [5.41, 5.74) is 7.33. The third kappa shape index (κ3) is 2.34. The number of hydrogen-bond acceptors (Lipinski definition) is 3. The fourth-order valence-electron chi connectivity index (χ4n) is 0.835. The minimum absolute atomic E-state index is 0.0929. The van der Waals surface area contributed by atoms with Gasteiger partial charge in [-0.3, -0.25) is 19.8 Å². The van der Waals surface area contributed by atoms with E-state index < -0.39 is 0 Å². The number of aryl methyl sites for hydroxylation is 1. The molecule has 0 atom stereocenters. The lowest BCUT2D eigenvalue weighted by atomic mass is 10.4. The molecular formula is C6H11N5O2. The average molecular weight is 185 g/mol. The highest BCUT2D eigenvalue weighted by atomic mass is 16.5. The third-order valence-corrected chi connectivity index (χ3v) is 1.47. The topological polar surface area (TPSA) is 108 Å². The molecule has 0 fully saturated rings. The number of aromatic amines is 1. The molecule has 7 nitrogen and oxygen atoms in total. The first-order valence-corrected chi connectivity index (χ1v) is 3.58. The highest BCUT2D eigenvalue weighted by molar-refractivity contribution is 5.76. The minimum atomic E-state index is -0.138. The Morgan fingerprint density at radius 1 is 1.92 bits per heavy atom. The van der Waals surface area contributed by atoms with Crippen molar-refractivity contribution in [3.63, 3.8) is 0 Å². The molecule has 0 radical (unpaired) electrons. The lowest BCUT2D eigenvalue weighted by Crippen LogP contribution is -2.28. The van der Waals surface area contributed by atoms with Gasteiger partial charge in [0, 0.05) is 13.1 Å². The molecule has 1 rings (SSSR count). The van der Waals surface area contributed by atoms with E-state index in [0.29, 0.717) is 5.69 Å². The van der Waals surface area contributed by atoms with E-state index in [2.05, 4.69) is 10.1 Å². The summed E-state index contributed by atoms with van der Waals surface area (Å²) in [5, 5.41) is 11.0. The summed E-state index contributed by atoms with van der Waals surface area (Å²) in [7, 11) is 1.60. The van der Waals surface area contributed by atoms with E-state index in [1.54, 1.807) is 12.5 Å². The Labute approximate surface area is 73.8 Å². The van der Waals surface area contributed by atoms with Crippen LogP contribution >= 0.6 is 0 Å². The zero-order chi connectivity index (χ0) is 9.84. The van der Waals surface area contributed by atoms with Crippen molar-refractivity contribution in [3.05, 3.63) is 22.1 Å². The fourth-order valence-corrected chi connectivity index (χ4v) is 0.835. The number of guanidine groups is 1. The second kappa shape index (κ2) is 3.76. The number of hydrogen-bond donors (Lipinski definition) is 4. The highest BCUT2D eigenvalue weighted by Crippen LogP contribution is 1.91. The van der Waals surface area contributed by atoms with Crippen LogP contribution in [0.1, 0.15) is 5.69 Å².